The standard InChI is InChI=1S/C23H19ClN4O3S/c1-16-11-12-18(13-21(16)27-32(30,31)19-7-3-2-4-8-19)26-23(29)17-14-25-28(15-17)22-10-6-5-9-20(22)24/h2-15,27H,1H3,(H,26,29). The molecule has 0 atom stereocenters. The molecule has 0 radical (unpaired) electrons. The molecule has 2 N–H and O–H groups in total. The van der Waals surface area contributed by atoms with Crippen molar-refractivity contribution < 1.29 is 13.2 Å². The Balaban J connectivity index is 1.53. The minimum atomic E-state index is -3.75. The second-order valence-corrected chi connectivity index (χ2v) is 9.12. The van der Waals surface area contributed by atoms with Gasteiger partial charge in [-0.3, -0.25) is 9.52 Å². The molecule has 0 saturated heterocycles. The summed E-state index contributed by atoms with van der Waals surface area (Å²) in [5.74, 6) is -0.385. The molecule has 0 aliphatic rings. The van der Waals surface area contributed by atoms with E-state index in [0.717, 1.165) is 0 Å². The van der Waals surface area contributed by atoms with E-state index in [2.05, 4.69) is 15.1 Å². The van der Waals surface area contributed by atoms with E-state index in [0.29, 0.717) is 33.2 Å². The highest BCUT2D eigenvalue weighted by Gasteiger charge is 2.16. The summed E-state index contributed by atoms with van der Waals surface area (Å²) in [5, 5.41) is 7.48. The van der Waals surface area contributed by atoms with Gasteiger partial charge in [-0.1, -0.05) is 48.0 Å². The van der Waals surface area contributed by atoms with Crippen molar-refractivity contribution in [1.29, 1.82) is 0 Å². The van der Waals surface area contributed by atoms with Crippen molar-refractivity contribution in [2.45, 2.75) is 11.8 Å². The summed E-state index contributed by atoms with van der Waals surface area (Å²) < 4.78 is 29.4. The van der Waals surface area contributed by atoms with Crippen molar-refractivity contribution in [1.82, 2.24) is 9.78 Å². The van der Waals surface area contributed by atoms with Crippen LogP contribution in [0.25, 0.3) is 5.69 Å². The molecule has 1 heterocycles. The topological polar surface area (TPSA) is 93.1 Å². The Kier molecular flexibility index (Phi) is 5.98. The van der Waals surface area contributed by atoms with Crippen LogP contribution >= 0.6 is 11.6 Å². The van der Waals surface area contributed by atoms with Gasteiger partial charge in [0.25, 0.3) is 15.9 Å². The van der Waals surface area contributed by atoms with Gasteiger partial charge in [0, 0.05) is 11.9 Å². The zero-order valence-corrected chi connectivity index (χ0v) is 18.6. The first kappa shape index (κ1) is 21.6. The first-order chi connectivity index (χ1) is 15.3. The lowest BCUT2D eigenvalue weighted by molar-refractivity contribution is 0.102. The van der Waals surface area contributed by atoms with Crippen LogP contribution in [0.5, 0.6) is 0 Å². The molecule has 7 nitrogen and oxygen atoms in total. The summed E-state index contributed by atoms with van der Waals surface area (Å²) in [7, 11) is -3.75. The first-order valence-electron chi connectivity index (χ1n) is 9.63. The number of para-hydroxylation sites is 1. The van der Waals surface area contributed by atoms with E-state index in [9.17, 15) is 13.2 Å². The molecular weight excluding hydrogens is 448 g/mol. The second-order valence-electron chi connectivity index (χ2n) is 7.03. The molecule has 4 rings (SSSR count). The van der Waals surface area contributed by atoms with Crippen LogP contribution in [0.3, 0.4) is 0 Å². The van der Waals surface area contributed by atoms with Crippen molar-refractivity contribution in [2.24, 2.45) is 0 Å². The zero-order chi connectivity index (χ0) is 22.7. The Labute approximate surface area is 190 Å². The number of rotatable bonds is 6. The van der Waals surface area contributed by atoms with E-state index in [1.165, 1.54) is 23.0 Å². The van der Waals surface area contributed by atoms with Gasteiger partial charge in [-0.2, -0.15) is 5.10 Å². The number of carbonyl (C=O) groups is 1. The van der Waals surface area contributed by atoms with Crippen LogP contribution in [0.15, 0.2) is 90.1 Å². The highest BCUT2D eigenvalue weighted by atomic mass is 35.5. The predicted molar refractivity (Wildman–Crippen MR) is 125 cm³/mol. The van der Waals surface area contributed by atoms with E-state index in [1.807, 2.05) is 12.1 Å². The van der Waals surface area contributed by atoms with E-state index >= 15 is 0 Å². The fourth-order valence-electron chi connectivity index (χ4n) is 3.03. The molecule has 1 aromatic heterocycles. The Morgan fingerprint density at radius 1 is 1.00 bits per heavy atom. The van der Waals surface area contributed by atoms with Crippen LogP contribution in [-0.2, 0) is 10.0 Å². The molecule has 32 heavy (non-hydrogen) atoms. The number of anilines is 2. The number of nitrogens with zero attached hydrogens (tertiary/aromatic N) is 2. The summed E-state index contributed by atoms with van der Waals surface area (Å²) in [6.07, 6.45) is 3.01. The van der Waals surface area contributed by atoms with E-state index in [4.69, 9.17) is 11.6 Å². The predicted octanol–water partition coefficient (Wildman–Crippen LogP) is 4.89. The van der Waals surface area contributed by atoms with Gasteiger partial charge in [0.15, 0.2) is 0 Å². The van der Waals surface area contributed by atoms with Gasteiger partial charge in [0.2, 0.25) is 0 Å². The molecule has 3 aromatic carbocycles. The van der Waals surface area contributed by atoms with Crippen LogP contribution in [0, 0.1) is 6.92 Å². The third kappa shape index (κ3) is 4.66. The maximum Gasteiger partial charge on any atom is 0.261 e. The first-order valence-corrected chi connectivity index (χ1v) is 11.5. The molecule has 0 aliphatic heterocycles. The summed E-state index contributed by atoms with van der Waals surface area (Å²) >= 11 is 6.19. The molecule has 162 valence electrons. The van der Waals surface area contributed by atoms with Gasteiger partial charge in [-0.05, 0) is 48.9 Å². The second kappa shape index (κ2) is 8.86. The van der Waals surface area contributed by atoms with Gasteiger partial charge in [-0.25, -0.2) is 13.1 Å². The number of benzene rings is 3. The molecule has 0 unspecified atom stereocenters. The Morgan fingerprint density at radius 2 is 1.72 bits per heavy atom. The van der Waals surface area contributed by atoms with E-state index < -0.39 is 10.0 Å². The molecule has 1 amide bonds. The van der Waals surface area contributed by atoms with Gasteiger partial charge in [0.1, 0.15) is 0 Å². The lowest BCUT2D eigenvalue weighted by atomic mass is 10.2. The Morgan fingerprint density at radius 3 is 2.47 bits per heavy atom. The molecule has 0 fully saturated rings. The van der Waals surface area contributed by atoms with E-state index in [-0.39, 0.29) is 10.8 Å². The molecular formula is C23H19ClN4O3S. The number of nitrogens with one attached hydrogen (secondary N) is 2. The maximum atomic E-state index is 12.7. The number of hydrogen-bond acceptors (Lipinski definition) is 4. The average molecular weight is 467 g/mol. The van der Waals surface area contributed by atoms with Crippen LogP contribution in [-0.4, -0.2) is 24.1 Å². The van der Waals surface area contributed by atoms with Crippen molar-refractivity contribution in [2.75, 3.05) is 10.0 Å². The summed E-state index contributed by atoms with van der Waals surface area (Å²) in [6, 6.07) is 20.3. The summed E-state index contributed by atoms with van der Waals surface area (Å²) in [6.45, 7) is 1.78. The Hall–Kier alpha value is -3.62. The maximum absolute atomic E-state index is 12.7. The number of halogens is 1. The van der Waals surface area contributed by atoms with Crippen LogP contribution in [0.1, 0.15) is 15.9 Å². The van der Waals surface area contributed by atoms with E-state index in [1.54, 1.807) is 61.7 Å². The number of carbonyl (C=O) groups excluding carboxylic acids is 1. The Bertz CT molecular complexity index is 1390. The lowest BCUT2D eigenvalue weighted by Crippen LogP contribution is -2.15. The van der Waals surface area contributed by atoms with Crippen molar-refractivity contribution in [3.63, 3.8) is 0 Å². The third-order valence-corrected chi connectivity index (χ3v) is 6.44. The highest BCUT2D eigenvalue weighted by molar-refractivity contribution is 7.92. The zero-order valence-electron chi connectivity index (χ0n) is 17.0. The van der Waals surface area contributed by atoms with Gasteiger partial charge in [-0.15, -0.1) is 0 Å². The van der Waals surface area contributed by atoms with Crippen molar-refractivity contribution in [3.05, 3.63) is 101 Å². The molecule has 0 saturated carbocycles. The fraction of sp³-hybridized carbons (Fsp3) is 0.0435. The third-order valence-electron chi connectivity index (χ3n) is 4.74. The van der Waals surface area contributed by atoms with Gasteiger partial charge >= 0.3 is 0 Å². The van der Waals surface area contributed by atoms with Crippen LogP contribution in [0.4, 0.5) is 11.4 Å². The minimum absolute atomic E-state index is 0.154. The summed E-state index contributed by atoms with van der Waals surface area (Å²) in [5.41, 5.74) is 2.52. The van der Waals surface area contributed by atoms with Crippen molar-refractivity contribution >= 4 is 38.9 Å². The smallest absolute Gasteiger partial charge is 0.261 e. The number of amides is 1. The van der Waals surface area contributed by atoms with Gasteiger partial charge in [0.05, 0.1) is 33.1 Å². The number of aromatic nitrogens is 2. The largest absolute Gasteiger partial charge is 0.322 e. The van der Waals surface area contributed by atoms with Crippen molar-refractivity contribution in [3.8, 4) is 5.69 Å². The normalized spacial score (nSPS) is 11.2. The quantitative estimate of drug-likeness (QED) is 0.423. The fourth-order valence-corrected chi connectivity index (χ4v) is 4.39. The molecule has 0 aliphatic carbocycles. The highest BCUT2D eigenvalue weighted by Crippen LogP contribution is 2.24. The van der Waals surface area contributed by atoms with Crippen LogP contribution < -0.4 is 10.0 Å². The number of aryl methyl sites for hydroxylation is 1. The monoisotopic (exact) mass is 466 g/mol. The molecule has 4 aromatic rings. The van der Waals surface area contributed by atoms with Crippen LogP contribution in [0.2, 0.25) is 5.02 Å². The number of sulfonamides is 1. The SMILES string of the molecule is Cc1ccc(NC(=O)c2cnn(-c3ccccc3Cl)c2)cc1NS(=O)(=O)c1ccccc1. The molecule has 9 heteroatoms. The molecule has 0 spiro atoms. The molecule has 0 bridgehead atoms. The van der Waals surface area contributed by atoms with Gasteiger partial charge < -0.3 is 5.32 Å². The minimum Gasteiger partial charge on any atom is -0.322 e. The summed E-state index contributed by atoms with van der Waals surface area (Å²) in [4.78, 5) is 12.9. The number of hydrogen-bond donors (Lipinski definition) is 2. The average Bonchev–Trinajstić information content (AvgIpc) is 3.27. The lowest BCUT2D eigenvalue weighted by Gasteiger charge is -2.13.